The van der Waals surface area contributed by atoms with Crippen LogP contribution in [-0.4, -0.2) is 46.2 Å². The molecule has 0 spiro atoms. The number of amides is 1. The highest BCUT2D eigenvalue weighted by Crippen LogP contribution is 2.11. The van der Waals surface area contributed by atoms with Crippen LogP contribution in [0.2, 0.25) is 0 Å². The van der Waals surface area contributed by atoms with Crippen LogP contribution in [0.15, 0.2) is 0 Å². The first-order valence-electron chi connectivity index (χ1n) is 6.18. The molecule has 0 radical (unpaired) electrons. The third-order valence-electron chi connectivity index (χ3n) is 2.83. The van der Waals surface area contributed by atoms with Gasteiger partial charge in [-0.25, -0.2) is 0 Å². The predicted octanol–water partition coefficient (Wildman–Crippen LogP) is 1.25. The zero-order valence-corrected chi connectivity index (χ0v) is 10.7. The monoisotopic (exact) mass is 245 g/mol. The Morgan fingerprint density at radius 2 is 1.76 bits per heavy atom. The molecular weight excluding hydrogens is 222 g/mol. The van der Waals surface area contributed by atoms with Crippen molar-refractivity contribution >= 4 is 11.9 Å². The van der Waals surface area contributed by atoms with Crippen LogP contribution in [-0.2, 0) is 9.59 Å². The standard InChI is InChI=1S/C12H23NO4/c1-3-10(4-2)13(8-9-14)11(15)6-5-7-12(16)17/h10,14H,3-9H2,1-2H3,(H,16,17). The topological polar surface area (TPSA) is 77.8 Å². The number of carbonyl (C=O) groups is 2. The molecule has 5 nitrogen and oxygen atoms in total. The fourth-order valence-electron chi connectivity index (χ4n) is 1.88. The molecule has 0 aromatic rings. The van der Waals surface area contributed by atoms with Gasteiger partial charge in [0, 0.05) is 25.4 Å². The predicted molar refractivity (Wildman–Crippen MR) is 64.7 cm³/mol. The summed E-state index contributed by atoms with van der Waals surface area (Å²) < 4.78 is 0. The molecule has 5 heteroatoms. The highest BCUT2D eigenvalue weighted by molar-refractivity contribution is 5.77. The van der Waals surface area contributed by atoms with E-state index in [4.69, 9.17) is 10.2 Å². The number of aliphatic hydroxyl groups is 1. The third kappa shape index (κ3) is 6.26. The number of aliphatic carboxylic acids is 1. The number of carboxylic acids is 1. The van der Waals surface area contributed by atoms with Crippen molar-refractivity contribution < 1.29 is 19.8 Å². The van der Waals surface area contributed by atoms with Gasteiger partial charge in [0.05, 0.1) is 6.61 Å². The SMILES string of the molecule is CCC(CC)N(CCO)C(=O)CCCC(=O)O. The van der Waals surface area contributed by atoms with Gasteiger partial charge in [0.15, 0.2) is 0 Å². The fraction of sp³-hybridized carbons (Fsp3) is 0.833. The lowest BCUT2D eigenvalue weighted by atomic mass is 10.1. The van der Waals surface area contributed by atoms with Crippen molar-refractivity contribution in [3.63, 3.8) is 0 Å². The van der Waals surface area contributed by atoms with Crippen LogP contribution in [0.25, 0.3) is 0 Å². The second kappa shape index (κ2) is 8.98. The Kier molecular flexibility index (Phi) is 8.40. The van der Waals surface area contributed by atoms with Crippen molar-refractivity contribution in [1.82, 2.24) is 4.90 Å². The van der Waals surface area contributed by atoms with Crippen molar-refractivity contribution in [2.75, 3.05) is 13.2 Å². The summed E-state index contributed by atoms with van der Waals surface area (Å²) in [6.07, 6.45) is 2.31. The van der Waals surface area contributed by atoms with E-state index in [0.29, 0.717) is 13.0 Å². The van der Waals surface area contributed by atoms with Gasteiger partial charge in [-0.15, -0.1) is 0 Å². The molecule has 0 bridgehead atoms. The minimum Gasteiger partial charge on any atom is -0.481 e. The van der Waals surface area contributed by atoms with Crippen LogP contribution in [0.3, 0.4) is 0 Å². The van der Waals surface area contributed by atoms with Crippen molar-refractivity contribution in [3.8, 4) is 0 Å². The molecule has 100 valence electrons. The third-order valence-corrected chi connectivity index (χ3v) is 2.83. The van der Waals surface area contributed by atoms with E-state index in [1.54, 1.807) is 4.90 Å². The summed E-state index contributed by atoms with van der Waals surface area (Å²) in [5.74, 6) is -0.942. The summed E-state index contributed by atoms with van der Waals surface area (Å²) in [5.41, 5.74) is 0. The van der Waals surface area contributed by atoms with E-state index in [1.807, 2.05) is 13.8 Å². The Bertz CT molecular complexity index is 239. The second-order valence-corrected chi connectivity index (χ2v) is 4.03. The molecule has 0 aromatic carbocycles. The van der Waals surface area contributed by atoms with Gasteiger partial charge in [-0.1, -0.05) is 13.8 Å². The van der Waals surface area contributed by atoms with Crippen molar-refractivity contribution in [2.45, 2.75) is 52.0 Å². The Labute approximate surface area is 102 Å². The van der Waals surface area contributed by atoms with Crippen LogP contribution in [0, 0.1) is 0 Å². The second-order valence-electron chi connectivity index (χ2n) is 4.03. The number of carbonyl (C=O) groups excluding carboxylic acids is 1. The van der Waals surface area contributed by atoms with Crippen molar-refractivity contribution in [2.24, 2.45) is 0 Å². The number of nitrogens with zero attached hydrogens (tertiary/aromatic N) is 1. The number of rotatable bonds is 9. The van der Waals surface area contributed by atoms with Gasteiger partial charge in [-0.2, -0.15) is 0 Å². The van der Waals surface area contributed by atoms with E-state index < -0.39 is 5.97 Å². The Balaban J connectivity index is 4.27. The Morgan fingerprint density at radius 3 is 2.18 bits per heavy atom. The lowest BCUT2D eigenvalue weighted by Crippen LogP contribution is -2.41. The lowest BCUT2D eigenvalue weighted by molar-refractivity contribution is -0.137. The van der Waals surface area contributed by atoms with Crippen molar-refractivity contribution in [3.05, 3.63) is 0 Å². The average molecular weight is 245 g/mol. The maximum Gasteiger partial charge on any atom is 0.303 e. The van der Waals surface area contributed by atoms with Crippen molar-refractivity contribution in [1.29, 1.82) is 0 Å². The van der Waals surface area contributed by atoms with Gasteiger partial charge < -0.3 is 15.1 Å². The van der Waals surface area contributed by atoms with Crippen LogP contribution in [0.1, 0.15) is 46.0 Å². The number of hydrogen-bond donors (Lipinski definition) is 2. The highest BCUT2D eigenvalue weighted by atomic mass is 16.4. The molecule has 0 saturated heterocycles. The highest BCUT2D eigenvalue weighted by Gasteiger charge is 2.20. The van der Waals surface area contributed by atoms with Gasteiger partial charge >= 0.3 is 5.97 Å². The average Bonchev–Trinajstić information content (AvgIpc) is 2.28. The van der Waals surface area contributed by atoms with Gasteiger partial charge in [-0.05, 0) is 19.3 Å². The zero-order valence-electron chi connectivity index (χ0n) is 10.7. The zero-order chi connectivity index (χ0) is 13.3. The molecule has 0 atom stereocenters. The molecule has 17 heavy (non-hydrogen) atoms. The fourth-order valence-corrected chi connectivity index (χ4v) is 1.88. The van der Waals surface area contributed by atoms with E-state index >= 15 is 0 Å². The summed E-state index contributed by atoms with van der Waals surface area (Å²) in [6.45, 7) is 4.28. The molecule has 0 unspecified atom stereocenters. The van der Waals surface area contributed by atoms with E-state index in [1.165, 1.54) is 0 Å². The summed E-state index contributed by atoms with van der Waals surface area (Å²) in [4.78, 5) is 23.9. The molecule has 2 N–H and O–H groups in total. The van der Waals surface area contributed by atoms with Crippen LogP contribution >= 0.6 is 0 Å². The molecule has 0 aliphatic heterocycles. The van der Waals surface area contributed by atoms with Gasteiger partial charge in [0.2, 0.25) is 5.91 Å². The largest absolute Gasteiger partial charge is 0.481 e. The normalized spacial score (nSPS) is 10.6. The molecule has 0 saturated carbocycles. The number of carboxylic acid groups (broad SMARTS) is 1. The molecule has 1 amide bonds. The molecule has 0 aromatic heterocycles. The van der Waals surface area contributed by atoms with Crippen LogP contribution in [0.5, 0.6) is 0 Å². The number of aliphatic hydroxyl groups excluding tert-OH is 1. The Morgan fingerprint density at radius 1 is 1.18 bits per heavy atom. The van der Waals surface area contributed by atoms with E-state index in [2.05, 4.69) is 0 Å². The lowest BCUT2D eigenvalue weighted by Gasteiger charge is -2.30. The molecule has 0 aliphatic carbocycles. The smallest absolute Gasteiger partial charge is 0.303 e. The van der Waals surface area contributed by atoms with E-state index in [0.717, 1.165) is 12.8 Å². The van der Waals surface area contributed by atoms with Gasteiger partial charge in [-0.3, -0.25) is 9.59 Å². The molecule has 0 rings (SSSR count). The molecule has 0 aliphatic rings. The molecule has 0 heterocycles. The van der Waals surface area contributed by atoms with Gasteiger partial charge in [0.1, 0.15) is 0 Å². The maximum atomic E-state index is 11.9. The quantitative estimate of drug-likeness (QED) is 0.641. The molecule has 0 fully saturated rings. The minimum atomic E-state index is -0.881. The summed E-state index contributed by atoms with van der Waals surface area (Å²) in [5, 5.41) is 17.5. The summed E-state index contributed by atoms with van der Waals surface area (Å²) >= 11 is 0. The Hall–Kier alpha value is -1.10. The molecular formula is C12H23NO4. The van der Waals surface area contributed by atoms with E-state index in [-0.39, 0.29) is 31.4 Å². The van der Waals surface area contributed by atoms with Crippen LogP contribution in [0.4, 0.5) is 0 Å². The first-order chi connectivity index (χ1) is 8.06. The maximum absolute atomic E-state index is 11.9. The van der Waals surface area contributed by atoms with Gasteiger partial charge in [0.25, 0.3) is 0 Å². The first-order valence-corrected chi connectivity index (χ1v) is 6.18. The number of hydrogen-bond acceptors (Lipinski definition) is 3. The first kappa shape index (κ1) is 15.9. The van der Waals surface area contributed by atoms with E-state index in [9.17, 15) is 9.59 Å². The van der Waals surface area contributed by atoms with Crippen LogP contribution < -0.4 is 0 Å². The summed E-state index contributed by atoms with van der Waals surface area (Å²) in [7, 11) is 0. The summed E-state index contributed by atoms with van der Waals surface area (Å²) in [6, 6.07) is 0.138. The minimum absolute atomic E-state index is 0.0155.